The fraction of sp³-hybridized carbons (Fsp3) is 0.357. The molecule has 21 heteroatoms. The van der Waals surface area contributed by atoms with E-state index in [0.717, 1.165) is 30.9 Å². The lowest BCUT2D eigenvalue weighted by Crippen LogP contribution is -2.45. The van der Waals surface area contributed by atoms with Gasteiger partial charge in [-0.1, -0.05) is 9.63 Å². The van der Waals surface area contributed by atoms with Gasteiger partial charge in [0.15, 0.2) is 12.4 Å². The van der Waals surface area contributed by atoms with Crippen molar-refractivity contribution >= 4 is 61.3 Å². The molecule has 18 nitrogen and oxygen atoms in total. The van der Waals surface area contributed by atoms with Crippen LogP contribution in [0.15, 0.2) is 29.3 Å². The van der Waals surface area contributed by atoms with Crippen molar-refractivity contribution in [1.82, 2.24) is 18.4 Å². The van der Waals surface area contributed by atoms with E-state index in [-0.39, 0.29) is 57.6 Å². The number of hydrogen-bond donors (Lipinski definition) is 2. The Morgan fingerprint density at radius 2 is 1.59 bits per heavy atom. The van der Waals surface area contributed by atoms with Crippen LogP contribution < -0.4 is 34.0 Å². The molecule has 2 aromatic rings. The van der Waals surface area contributed by atoms with E-state index < -0.39 is 43.9 Å². The normalized spacial score (nSPS) is 15.8. The lowest BCUT2D eigenvalue weighted by molar-refractivity contribution is -0.121. The number of carbonyl (C=O) groups is 4. The summed E-state index contributed by atoms with van der Waals surface area (Å²) in [6, 6.07) is 2.43. The molecule has 0 radical (unpaired) electrons. The van der Waals surface area contributed by atoms with E-state index >= 15 is 0 Å². The lowest BCUT2D eigenvalue weighted by atomic mass is 9.93. The highest BCUT2D eigenvalue weighted by Gasteiger charge is 2.41. The number of nitrogens with zero attached hydrogens (tertiary/aromatic N) is 5. The molecule has 1 aliphatic carbocycles. The van der Waals surface area contributed by atoms with Gasteiger partial charge in [-0.05, 0) is 31.7 Å². The molecule has 2 N–H and O–H groups in total. The summed E-state index contributed by atoms with van der Waals surface area (Å²) in [5.74, 6) is 0.214. The first kappa shape index (κ1) is 36.5. The van der Waals surface area contributed by atoms with Crippen molar-refractivity contribution < 1.29 is 54.6 Å². The maximum absolute atomic E-state index is 14.7. The number of terminal acetylenes is 1. The van der Waals surface area contributed by atoms with Crippen molar-refractivity contribution in [1.29, 1.82) is 0 Å². The molecule has 0 spiro atoms. The molecule has 3 aliphatic rings. The van der Waals surface area contributed by atoms with Gasteiger partial charge in [0.2, 0.25) is 27.7 Å². The molecule has 0 atom stereocenters. The molecule has 5 amide bonds. The molecular formula is C28H30FN7O11S2. The minimum absolute atomic E-state index is 0.00654. The van der Waals surface area contributed by atoms with Crippen LogP contribution >= 0.6 is 0 Å². The number of benzene rings is 1. The molecule has 2 aliphatic heterocycles. The fourth-order valence-corrected chi connectivity index (χ4v) is 6.71. The van der Waals surface area contributed by atoms with Gasteiger partial charge in [0.05, 0.1) is 44.5 Å². The zero-order valence-corrected chi connectivity index (χ0v) is 28.1. The molecule has 5 rings (SSSR count). The molecule has 0 unspecified atom stereocenters. The van der Waals surface area contributed by atoms with Crippen LogP contribution in [0.1, 0.15) is 25.7 Å². The summed E-state index contributed by atoms with van der Waals surface area (Å²) in [5, 5.41) is 2.02. The smallest absolute Gasteiger partial charge is 0.336 e. The standard InChI is InChI=1S/C19H15FN2O4.C9H15N5O7S2/c1-2-7-21-15-9-14(13(20)8-16(15)26-10-17(21)23)22-18(24)11-5-3-4-6-12(11)19(22)25;1-14(22(4,16)17)23(18,19)13-9(15)12-8-10-6(20-2)5-7(11-8)21-3/h1,8-9H,3-7,10H2;5H,1-4H3,(H2,10,11,12,13,15). The second-order valence-electron chi connectivity index (χ2n) is 10.3. The van der Waals surface area contributed by atoms with E-state index in [4.69, 9.17) is 20.6 Å². The number of urea groups is 1. The Morgan fingerprint density at radius 3 is 2.10 bits per heavy atom. The Balaban J connectivity index is 0.000000223. The molecule has 1 aromatic heterocycles. The third-order valence-electron chi connectivity index (χ3n) is 7.20. The number of imide groups is 1. The number of halogens is 1. The molecular weight excluding hydrogens is 693 g/mol. The number of anilines is 3. The maximum Gasteiger partial charge on any atom is 0.336 e. The summed E-state index contributed by atoms with van der Waals surface area (Å²) >= 11 is 0. The van der Waals surface area contributed by atoms with Gasteiger partial charge >= 0.3 is 16.2 Å². The Bertz CT molecular complexity index is 1960. The molecule has 1 aromatic carbocycles. The van der Waals surface area contributed by atoms with E-state index in [9.17, 15) is 40.4 Å². The van der Waals surface area contributed by atoms with E-state index in [1.165, 1.54) is 36.0 Å². The topological polar surface area (TPSA) is 224 Å². The molecule has 0 fully saturated rings. The summed E-state index contributed by atoms with van der Waals surface area (Å²) in [6.07, 6.45) is 8.68. The number of hydrogen-bond acceptors (Lipinski definition) is 13. The van der Waals surface area contributed by atoms with Gasteiger partial charge in [0, 0.05) is 24.3 Å². The zero-order valence-electron chi connectivity index (χ0n) is 26.5. The SMILES string of the molecule is C#CCN1C(=O)COc2cc(F)c(N3C(=O)C4=C(CCCC4)C3=O)cc21.COc1cc(OC)nc(NC(=O)NS(=O)(=O)N(C)S(C)(=O)=O)n1. The van der Waals surface area contributed by atoms with Gasteiger partial charge in [-0.3, -0.25) is 24.6 Å². The second kappa shape index (κ2) is 14.4. The van der Waals surface area contributed by atoms with Gasteiger partial charge < -0.3 is 14.2 Å². The van der Waals surface area contributed by atoms with Gasteiger partial charge in [0.1, 0.15) is 5.75 Å². The predicted octanol–water partition coefficient (Wildman–Crippen LogP) is 0.680. The Kier molecular flexibility index (Phi) is 10.7. The first-order valence-corrected chi connectivity index (χ1v) is 17.4. The minimum Gasteiger partial charge on any atom is -0.481 e. The summed E-state index contributed by atoms with van der Waals surface area (Å²) < 4.78 is 77.0. The molecule has 0 bridgehead atoms. The van der Waals surface area contributed by atoms with Crippen LogP contribution in [0, 0.1) is 18.2 Å². The highest BCUT2D eigenvalue weighted by Crippen LogP contribution is 2.41. The predicted molar refractivity (Wildman–Crippen MR) is 170 cm³/mol. The summed E-state index contributed by atoms with van der Waals surface area (Å²) in [4.78, 5) is 58.7. The molecule has 3 heterocycles. The van der Waals surface area contributed by atoms with Crippen molar-refractivity contribution in [3.63, 3.8) is 0 Å². The summed E-state index contributed by atoms with van der Waals surface area (Å²) in [7, 11) is -5.27. The maximum atomic E-state index is 14.7. The molecule has 0 saturated carbocycles. The number of carbonyl (C=O) groups excluding carboxylic acids is 4. The fourth-order valence-electron chi connectivity index (χ4n) is 4.76. The minimum atomic E-state index is -4.60. The van der Waals surface area contributed by atoms with Crippen LogP contribution in [0.3, 0.4) is 0 Å². The van der Waals surface area contributed by atoms with E-state index in [1.54, 1.807) is 0 Å². The third kappa shape index (κ3) is 7.87. The van der Waals surface area contributed by atoms with E-state index in [1.807, 2.05) is 5.32 Å². The summed E-state index contributed by atoms with van der Waals surface area (Å²) in [5.41, 5.74) is 0.992. The number of nitrogens with one attached hydrogen (secondary N) is 2. The van der Waals surface area contributed by atoms with Crippen molar-refractivity contribution in [3.05, 3.63) is 35.2 Å². The molecule has 262 valence electrons. The average Bonchev–Trinajstić information content (AvgIpc) is 3.30. The zero-order chi connectivity index (χ0) is 36.3. The first-order valence-electron chi connectivity index (χ1n) is 14.1. The van der Waals surface area contributed by atoms with Crippen LogP contribution in [0.5, 0.6) is 17.5 Å². The molecule has 0 saturated heterocycles. The van der Waals surface area contributed by atoms with Gasteiger partial charge in [-0.15, -0.1) is 6.42 Å². The number of sulfonamides is 1. The van der Waals surface area contributed by atoms with E-state index in [2.05, 4.69) is 15.9 Å². The third-order valence-corrected chi connectivity index (χ3v) is 10.7. The van der Waals surface area contributed by atoms with Crippen LogP contribution in [0.25, 0.3) is 0 Å². The van der Waals surface area contributed by atoms with Crippen molar-refractivity contribution in [3.8, 4) is 29.9 Å². The number of methoxy groups -OCH3 is 2. The van der Waals surface area contributed by atoms with Crippen LogP contribution in [0.2, 0.25) is 0 Å². The van der Waals surface area contributed by atoms with Gasteiger partial charge in [0.25, 0.3) is 17.7 Å². The number of fused-ring (bicyclic) bond motifs is 1. The molecule has 49 heavy (non-hydrogen) atoms. The van der Waals surface area contributed by atoms with Gasteiger partial charge in [-0.25, -0.2) is 27.2 Å². The van der Waals surface area contributed by atoms with Crippen molar-refractivity contribution in [2.45, 2.75) is 25.7 Å². The van der Waals surface area contributed by atoms with E-state index in [0.29, 0.717) is 30.2 Å². The first-order chi connectivity index (χ1) is 23.0. The highest BCUT2D eigenvalue weighted by atomic mass is 32.3. The van der Waals surface area contributed by atoms with Crippen molar-refractivity contribution in [2.75, 3.05) is 55.8 Å². The van der Waals surface area contributed by atoms with Crippen LogP contribution in [-0.2, 0) is 34.6 Å². The number of amides is 5. The monoisotopic (exact) mass is 723 g/mol. The summed E-state index contributed by atoms with van der Waals surface area (Å²) in [6.45, 7) is -0.262. The van der Waals surface area contributed by atoms with Crippen LogP contribution in [-0.4, -0.2) is 94.9 Å². The Hall–Kier alpha value is -5.33. The largest absolute Gasteiger partial charge is 0.481 e. The quantitative estimate of drug-likeness (QED) is 0.283. The van der Waals surface area contributed by atoms with Crippen LogP contribution in [0.4, 0.5) is 26.5 Å². The lowest BCUT2D eigenvalue weighted by Gasteiger charge is -2.29. The highest BCUT2D eigenvalue weighted by molar-refractivity contribution is 8.03. The number of rotatable bonds is 8. The number of aromatic nitrogens is 2. The average molecular weight is 724 g/mol. The van der Waals surface area contributed by atoms with Gasteiger partial charge in [-0.2, -0.15) is 18.4 Å². The van der Waals surface area contributed by atoms with Crippen molar-refractivity contribution in [2.24, 2.45) is 0 Å². The number of ether oxygens (including phenoxy) is 3. The Labute approximate surface area is 280 Å². The Morgan fingerprint density at radius 1 is 1.02 bits per heavy atom. The second-order valence-corrected chi connectivity index (χ2v) is 14.3.